The maximum atomic E-state index is 11.5. The summed E-state index contributed by atoms with van der Waals surface area (Å²) in [5.74, 6) is 0. The Kier molecular flexibility index (Phi) is 4.27. The zero-order valence-corrected chi connectivity index (χ0v) is 10.1. The van der Waals surface area contributed by atoms with Gasteiger partial charge >= 0.3 is 0 Å². The van der Waals surface area contributed by atoms with Crippen molar-refractivity contribution in [2.45, 2.75) is 18.7 Å². The summed E-state index contributed by atoms with van der Waals surface area (Å²) < 4.78 is 0. The largest absolute Gasteiger partial charge is 0.395 e. The summed E-state index contributed by atoms with van der Waals surface area (Å²) in [4.78, 5) is 20.8. The van der Waals surface area contributed by atoms with E-state index in [-0.39, 0.29) is 12.2 Å². The zero-order chi connectivity index (χ0) is 13.8. The molecule has 2 aromatic rings. The molecule has 8 nitrogen and oxygen atoms in total. The van der Waals surface area contributed by atoms with E-state index in [4.69, 9.17) is 10.2 Å². The van der Waals surface area contributed by atoms with Crippen LogP contribution < -0.4 is 10.9 Å². The van der Waals surface area contributed by atoms with Crippen molar-refractivity contribution in [1.82, 2.24) is 20.3 Å². The number of hydrogen-bond donors (Lipinski definition) is 6. The first-order chi connectivity index (χ1) is 9.17. The van der Waals surface area contributed by atoms with Gasteiger partial charge in [-0.1, -0.05) is 0 Å². The number of H-pyrrole nitrogens is 2. The van der Waals surface area contributed by atoms with E-state index >= 15 is 0 Å². The van der Waals surface area contributed by atoms with Crippen molar-refractivity contribution in [3.63, 3.8) is 0 Å². The van der Waals surface area contributed by atoms with Gasteiger partial charge in [0.25, 0.3) is 5.56 Å². The van der Waals surface area contributed by atoms with Crippen LogP contribution in [0.2, 0.25) is 0 Å². The maximum Gasteiger partial charge on any atom is 0.275 e. The molecule has 2 heterocycles. The van der Waals surface area contributed by atoms with E-state index in [1.807, 2.05) is 0 Å². The Morgan fingerprint density at radius 2 is 2.11 bits per heavy atom. The number of rotatable bonds is 6. The number of aliphatic hydroxyl groups excluding tert-OH is 3. The standard InChI is InChI=1S/C11H16N4O4/c16-3-7(8(18)4-17)12-1-6-2-13-10-9(6)14-5-15-11(10)19/h2,5,7-8,12-13,16-18H,1,3-4H2,(H,14,15,19)/t7?,8-/m1/s1. The molecular weight excluding hydrogens is 252 g/mol. The number of aromatic amines is 2. The fourth-order valence-corrected chi connectivity index (χ4v) is 1.83. The number of fused-ring (bicyclic) bond motifs is 1. The molecule has 8 heteroatoms. The van der Waals surface area contributed by atoms with Gasteiger partial charge in [-0.2, -0.15) is 0 Å². The minimum atomic E-state index is -1.05. The quantitative estimate of drug-likeness (QED) is 0.361. The molecule has 0 bridgehead atoms. The third-order valence-corrected chi connectivity index (χ3v) is 2.95. The van der Waals surface area contributed by atoms with E-state index in [2.05, 4.69) is 20.3 Å². The van der Waals surface area contributed by atoms with E-state index in [1.165, 1.54) is 6.33 Å². The van der Waals surface area contributed by atoms with Crippen molar-refractivity contribution in [3.05, 3.63) is 28.4 Å². The zero-order valence-electron chi connectivity index (χ0n) is 10.1. The highest BCUT2D eigenvalue weighted by molar-refractivity contribution is 5.77. The van der Waals surface area contributed by atoms with Crippen molar-refractivity contribution in [3.8, 4) is 0 Å². The summed E-state index contributed by atoms with van der Waals surface area (Å²) in [6, 6.07) is -0.642. The molecule has 0 fully saturated rings. The van der Waals surface area contributed by atoms with E-state index in [1.54, 1.807) is 6.20 Å². The minimum Gasteiger partial charge on any atom is -0.395 e. The Morgan fingerprint density at radius 1 is 1.32 bits per heavy atom. The monoisotopic (exact) mass is 268 g/mol. The van der Waals surface area contributed by atoms with Crippen LogP contribution in [0, 0.1) is 0 Å². The molecule has 6 N–H and O–H groups in total. The van der Waals surface area contributed by atoms with Crippen LogP contribution in [0.15, 0.2) is 17.3 Å². The summed E-state index contributed by atoms with van der Waals surface area (Å²) in [6.07, 6.45) is 1.90. The van der Waals surface area contributed by atoms with Gasteiger partial charge in [-0.25, -0.2) is 4.98 Å². The molecule has 0 aliphatic rings. The highest BCUT2D eigenvalue weighted by Crippen LogP contribution is 2.11. The second kappa shape index (κ2) is 5.93. The SMILES string of the molecule is O=c1[nH]cnc2c(CNC(CO)[C@H](O)CO)c[nH]c12. The van der Waals surface area contributed by atoms with Crippen LogP contribution in [-0.2, 0) is 6.54 Å². The molecular formula is C11H16N4O4. The fourth-order valence-electron chi connectivity index (χ4n) is 1.83. The lowest BCUT2D eigenvalue weighted by atomic mass is 10.1. The molecule has 2 atom stereocenters. The van der Waals surface area contributed by atoms with Crippen molar-refractivity contribution in [1.29, 1.82) is 0 Å². The number of nitrogens with zero attached hydrogens (tertiary/aromatic N) is 1. The second-order valence-corrected chi connectivity index (χ2v) is 4.19. The molecule has 104 valence electrons. The van der Waals surface area contributed by atoms with Crippen LogP contribution in [0.25, 0.3) is 11.0 Å². The first-order valence-electron chi connectivity index (χ1n) is 5.84. The Balaban J connectivity index is 2.14. The molecule has 0 amide bonds. The van der Waals surface area contributed by atoms with Crippen molar-refractivity contribution < 1.29 is 15.3 Å². The summed E-state index contributed by atoms with van der Waals surface area (Å²) in [6.45, 7) is -0.444. The third kappa shape index (κ3) is 2.82. The molecule has 0 aliphatic carbocycles. The Bertz CT molecular complexity index is 594. The molecule has 0 spiro atoms. The van der Waals surface area contributed by atoms with Crippen molar-refractivity contribution in [2.24, 2.45) is 0 Å². The summed E-state index contributed by atoms with van der Waals surface area (Å²) in [5, 5.41) is 30.3. The number of hydrogen-bond acceptors (Lipinski definition) is 6. The molecule has 0 saturated heterocycles. The number of aromatic nitrogens is 3. The van der Waals surface area contributed by atoms with Crippen molar-refractivity contribution in [2.75, 3.05) is 13.2 Å². The van der Waals surface area contributed by atoms with Gasteiger partial charge in [0.05, 0.1) is 37.2 Å². The predicted octanol–water partition coefficient (Wildman–Crippen LogP) is -1.95. The highest BCUT2D eigenvalue weighted by atomic mass is 16.3. The minimum absolute atomic E-state index is 0.259. The average Bonchev–Trinajstić information content (AvgIpc) is 2.84. The number of nitrogens with one attached hydrogen (secondary N) is 3. The first kappa shape index (κ1) is 13.7. The second-order valence-electron chi connectivity index (χ2n) is 4.19. The lowest BCUT2D eigenvalue weighted by Gasteiger charge is -2.20. The van der Waals surface area contributed by atoms with Gasteiger partial charge in [0.15, 0.2) is 0 Å². The van der Waals surface area contributed by atoms with Gasteiger partial charge < -0.3 is 30.6 Å². The number of aliphatic hydroxyl groups is 3. The third-order valence-electron chi connectivity index (χ3n) is 2.95. The molecule has 2 rings (SSSR count). The van der Waals surface area contributed by atoms with Gasteiger partial charge in [0.1, 0.15) is 5.52 Å². The summed E-state index contributed by atoms with van der Waals surface area (Å²) in [5.41, 5.74) is 1.39. The van der Waals surface area contributed by atoms with E-state index < -0.39 is 18.8 Å². The predicted molar refractivity (Wildman–Crippen MR) is 67.5 cm³/mol. The molecule has 0 saturated carbocycles. The molecule has 0 radical (unpaired) electrons. The van der Waals surface area contributed by atoms with E-state index in [0.717, 1.165) is 5.56 Å². The van der Waals surface area contributed by atoms with Crippen LogP contribution in [0.4, 0.5) is 0 Å². The fraction of sp³-hybridized carbons (Fsp3) is 0.455. The lowest BCUT2D eigenvalue weighted by molar-refractivity contribution is 0.0411. The van der Waals surface area contributed by atoms with E-state index in [9.17, 15) is 9.90 Å². The molecule has 1 unspecified atom stereocenters. The normalized spacial score (nSPS) is 14.7. The van der Waals surface area contributed by atoms with Crippen LogP contribution in [0.1, 0.15) is 5.56 Å². The smallest absolute Gasteiger partial charge is 0.275 e. The molecule has 0 aromatic carbocycles. The molecule has 2 aromatic heterocycles. The van der Waals surface area contributed by atoms with Crippen LogP contribution >= 0.6 is 0 Å². The topological polar surface area (TPSA) is 134 Å². The Labute approximate surface area is 108 Å². The van der Waals surface area contributed by atoms with Crippen LogP contribution in [0.5, 0.6) is 0 Å². The summed E-state index contributed by atoms with van der Waals surface area (Å²) >= 11 is 0. The van der Waals surface area contributed by atoms with Gasteiger partial charge in [-0.05, 0) is 0 Å². The lowest BCUT2D eigenvalue weighted by Crippen LogP contribution is -2.44. The molecule has 0 aliphatic heterocycles. The van der Waals surface area contributed by atoms with Gasteiger partial charge in [-0.15, -0.1) is 0 Å². The van der Waals surface area contributed by atoms with Gasteiger partial charge in [0, 0.05) is 18.3 Å². The molecule has 19 heavy (non-hydrogen) atoms. The van der Waals surface area contributed by atoms with E-state index in [0.29, 0.717) is 17.6 Å². The van der Waals surface area contributed by atoms with Gasteiger partial charge in [0.2, 0.25) is 0 Å². The first-order valence-corrected chi connectivity index (χ1v) is 5.84. The Morgan fingerprint density at radius 3 is 2.79 bits per heavy atom. The van der Waals surface area contributed by atoms with Crippen LogP contribution in [-0.4, -0.2) is 55.6 Å². The van der Waals surface area contributed by atoms with Gasteiger partial charge in [-0.3, -0.25) is 4.79 Å². The highest BCUT2D eigenvalue weighted by Gasteiger charge is 2.17. The Hall–Kier alpha value is -1.74. The average molecular weight is 268 g/mol. The van der Waals surface area contributed by atoms with Crippen LogP contribution in [0.3, 0.4) is 0 Å². The summed E-state index contributed by atoms with van der Waals surface area (Å²) in [7, 11) is 0. The maximum absolute atomic E-state index is 11.5. The van der Waals surface area contributed by atoms with Crippen molar-refractivity contribution >= 4 is 11.0 Å².